The average Bonchev–Trinajstić information content (AvgIpc) is 2.13. The maximum Gasteiger partial charge on any atom is 0.313 e. The summed E-state index contributed by atoms with van der Waals surface area (Å²) in [7, 11) is -3.08. The van der Waals surface area contributed by atoms with Gasteiger partial charge in [-0.2, -0.15) is 0 Å². The van der Waals surface area contributed by atoms with Gasteiger partial charge in [-0.3, -0.25) is 4.79 Å². The van der Waals surface area contributed by atoms with Gasteiger partial charge in [-0.15, -0.1) is 0 Å². The van der Waals surface area contributed by atoms with Crippen molar-refractivity contribution in [1.82, 2.24) is 0 Å². The molecule has 0 aromatic heterocycles. The van der Waals surface area contributed by atoms with Crippen molar-refractivity contribution in [3.8, 4) is 0 Å². The first-order chi connectivity index (χ1) is 6.75. The van der Waals surface area contributed by atoms with Gasteiger partial charge in [0.25, 0.3) is 0 Å². The van der Waals surface area contributed by atoms with E-state index in [4.69, 9.17) is 10.5 Å². The highest BCUT2D eigenvalue weighted by Gasteiger charge is 2.33. The van der Waals surface area contributed by atoms with Gasteiger partial charge >= 0.3 is 5.97 Å². The highest BCUT2D eigenvalue weighted by Crippen LogP contribution is 2.22. The smallest absolute Gasteiger partial charge is 0.313 e. The van der Waals surface area contributed by atoms with Crippen molar-refractivity contribution in [3.63, 3.8) is 0 Å². The SMILES string of the molecule is CCOC(=O)C(C)(CN)CCS(C)(=O)=O. The first-order valence-electron chi connectivity index (χ1n) is 4.80. The number of carbonyl (C=O) groups is 1. The second-order valence-electron chi connectivity index (χ2n) is 3.87. The van der Waals surface area contributed by atoms with Gasteiger partial charge in [0.15, 0.2) is 0 Å². The van der Waals surface area contributed by atoms with E-state index in [1.165, 1.54) is 0 Å². The Kier molecular flexibility index (Phi) is 5.23. The average molecular weight is 237 g/mol. The first kappa shape index (κ1) is 14.4. The minimum absolute atomic E-state index is 0.0560. The van der Waals surface area contributed by atoms with Gasteiger partial charge in [0.1, 0.15) is 9.84 Å². The van der Waals surface area contributed by atoms with E-state index in [1.807, 2.05) is 0 Å². The third-order valence-electron chi connectivity index (χ3n) is 2.24. The van der Waals surface area contributed by atoms with E-state index in [1.54, 1.807) is 13.8 Å². The van der Waals surface area contributed by atoms with Gasteiger partial charge in [-0.25, -0.2) is 8.42 Å². The second-order valence-corrected chi connectivity index (χ2v) is 6.12. The van der Waals surface area contributed by atoms with Crippen LogP contribution in [0, 0.1) is 5.41 Å². The lowest BCUT2D eigenvalue weighted by atomic mass is 9.88. The molecule has 0 fully saturated rings. The number of rotatable bonds is 6. The molecule has 2 N–H and O–H groups in total. The van der Waals surface area contributed by atoms with Crippen LogP contribution in [-0.4, -0.2) is 39.5 Å². The van der Waals surface area contributed by atoms with Crippen LogP contribution in [0.1, 0.15) is 20.3 Å². The van der Waals surface area contributed by atoms with Crippen LogP contribution in [0.15, 0.2) is 0 Å². The van der Waals surface area contributed by atoms with Gasteiger partial charge in [0, 0.05) is 12.8 Å². The molecule has 0 amide bonds. The third kappa shape index (κ3) is 5.13. The monoisotopic (exact) mass is 237 g/mol. The summed E-state index contributed by atoms with van der Waals surface area (Å²) in [4.78, 5) is 11.5. The van der Waals surface area contributed by atoms with Gasteiger partial charge < -0.3 is 10.5 Å². The molecule has 0 saturated carbocycles. The number of hydrogen-bond acceptors (Lipinski definition) is 5. The molecule has 0 heterocycles. The maximum absolute atomic E-state index is 11.5. The Morgan fingerprint density at radius 1 is 1.47 bits per heavy atom. The van der Waals surface area contributed by atoms with Crippen LogP contribution in [0.2, 0.25) is 0 Å². The standard InChI is InChI=1S/C9H19NO4S/c1-4-14-8(11)9(2,7-10)5-6-15(3,12)13/h4-7,10H2,1-3H3. The summed E-state index contributed by atoms with van der Waals surface area (Å²) in [5.41, 5.74) is 4.57. The fourth-order valence-electron chi connectivity index (χ4n) is 1.00. The predicted octanol–water partition coefficient (Wildman–Crippen LogP) is -0.0508. The fourth-order valence-corrected chi connectivity index (χ4v) is 1.82. The molecule has 15 heavy (non-hydrogen) atoms. The number of nitrogens with two attached hydrogens (primary N) is 1. The lowest BCUT2D eigenvalue weighted by molar-refractivity contribution is -0.153. The lowest BCUT2D eigenvalue weighted by Crippen LogP contribution is -2.38. The third-order valence-corrected chi connectivity index (χ3v) is 3.19. The van der Waals surface area contributed by atoms with Gasteiger partial charge in [-0.05, 0) is 20.3 Å². The molecule has 0 aliphatic carbocycles. The normalized spacial score (nSPS) is 15.7. The van der Waals surface area contributed by atoms with E-state index < -0.39 is 21.2 Å². The number of ether oxygens (including phenoxy) is 1. The van der Waals surface area contributed by atoms with Crippen LogP contribution in [0.25, 0.3) is 0 Å². The van der Waals surface area contributed by atoms with Crippen molar-refractivity contribution in [2.75, 3.05) is 25.2 Å². The van der Waals surface area contributed by atoms with Gasteiger partial charge in [0.05, 0.1) is 17.8 Å². The minimum atomic E-state index is -3.08. The van der Waals surface area contributed by atoms with Crippen LogP contribution in [0.4, 0.5) is 0 Å². The molecule has 0 aromatic carbocycles. The maximum atomic E-state index is 11.5. The Labute approximate surface area is 90.9 Å². The minimum Gasteiger partial charge on any atom is -0.466 e. The highest BCUT2D eigenvalue weighted by atomic mass is 32.2. The number of esters is 1. The molecule has 1 unspecified atom stereocenters. The molecule has 0 aromatic rings. The highest BCUT2D eigenvalue weighted by molar-refractivity contribution is 7.90. The predicted molar refractivity (Wildman–Crippen MR) is 58.1 cm³/mol. The molecule has 0 aliphatic heterocycles. The van der Waals surface area contributed by atoms with E-state index in [9.17, 15) is 13.2 Å². The molecule has 1 atom stereocenters. The van der Waals surface area contributed by atoms with Crippen molar-refractivity contribution in [3.05, 3.63) is 0 Å². The summed E-state index contributed by atoms with van der Waals surface area (Å²) in [6.45, 7) is 3.68. The number of sulfone groups is 1. The fraction of sp³-hybridized carbons (Fsp3) is 0.889. The summed E-state index contributed by atoms with van der Waals surface area (Å²) in [5, 5.41) is 0. The molecule has 0 rings (SSSR count). The topological polar surface area (TPSA) is 86.5 Å². The van der Waals surface area contributed by atoms with E-state index in [0.29, 0.717) is 0 Å². The first-order valence-corrected chi connectivity index (χ1v) is 6.86. The molecule has 5 nitrogen and oxygen atoms in total. The van der Waals surface area contributed by atoms with Crippen LogP contribution >= 0.6 is 0 Å². The zero-order valence-corrected chi connectivity index (χ0v) is 10.3. The van der Waals surface area contributed by atoms with E-state index >= 15 is 0 Å². The van der Waals surface area contributed by atoms with E-state index in [2.05, 4.69) is 0 Å². The molecule has 90 valence electrons. The van der Waals surface area contributed by atoms with Crippen LogP contribution < -0.4 is 5.73 Å². The summed E-state index contributed by atoms with van der Waals surface area (Å²) >= 11 is 0. The lowest BCUT2D eigenvalue weighted by Gasteiger charge is -2.24. The molecule has 0 radical (unpaired) electrons. The van der Waals surface area contributed by atoms with Crippen LogP contribution in [0.3, 0.4) is 0 Å². The van der Waals surface area contributed by atoms with Crippen LogP contribution in [-0.2, 0) is 19.4 Å². The summed E-state index contributed by atoms with van der Waals surface area (Å²) in [6, 6.07) is 0. The van der Waals surface area contributed by atoms with Crippen molar-refractivity contribution in [1.29, 1.82) is 0 Å². The molecule has 0 aliphatic rings. The summed E-state index contributed by atoms with van der Waals surface area (Å²) in [5.74, 6) is -0.490. The molecule has 6 heteroatoms. The Morgan fingerprint density at radius 3 is 2.33 bits per heavy atom. The zero-order chi connectivity index (χ0) is 12.1. The Balaban J connectivity index is 4.50. The summed E-state index contributed by atoms with van der Waals surface area (Å²) < 4.78 is 26.8. The van der Waals surface area contributed by atoms with Crippen molar-refractivity contribution in [2.45, 2.75) is 20.3 Å². The Morgan fingerprint density at radius 2 is 2.00 bits per heavy atom. The molecular formula is C9H19NO4S. The Hall–Kier alpha value is -0.620. The van der Waals surface area contributed by atoms with E-state index in [0.717, 1.165) is 6.26 Å². The van der Waals surface area contributed by atoms with E-state index in [-0.39, 0.29) is 25.3 Å². The van der Waals surface area contributed by atoms with Crippen molar-refractivity contribution in [2.24, 2.45) is 11.1 Å². The molecule has 0 saturated heterocycles. The van der Waals surface area contributed by atoms with Gasteiger partial charge in [0.2, 0.25) is 0 Å². The largest absolute Gasteiger partial charge is 0.466 e. The van der Waals surface area contributed by atoms with Crippen molar-refractivity contribution < 1.29 is 17.9 Å². The quantitative estimate of drug-likeness (QED) is 0.654. The number of hydrogen-bond donors (Lipinski definition) is 1. The van der Waals surface area contributed by atoms with Crippen molar-refractivity contribution >= 4 is 15.8 Å². The Bertz CT molecular complexity index is 312. The van der Waals surface area contributed by atoms with Gasteiger partial charge in [-0.1, -0.05) is 0 Å². The molecule has 0 bridgehead atoms. The summed E-state index contributed by atoms with van der Waals surface area (Å²) in [6.07, 6.45) is 1.33. The molecular weight excluding hydrogens is 218 g/mol. The second kappa shape index (κ2) is 5.46. The van der Waals surface area contributed by atoms with Crippen LogP contribution in [0.5, 0.6) is 0 Å². The zero-order valence-electron chi connectivity index (χ0n) is 9.45. The number of carbonyl (C=O) groups excluding carboxylic acids is 1. The molecule has 0 spiro atoms.